The molecule has 6 heteroatoms. The van der Waals surface area contributed by atoms with Crippen molar-refractivity contribution in [2.45, 2.75) is 52.4 Å². The summed E-state index contributed by atoms with van der Waals surface area (Å²) in [4.78, 5) is 4.95. The Morgan fingerprint density at radius 3 is 2.70 bits per heavy atom. The number of benzene rings is 1. The third-order valence-electron chi connectivity index (χ3n) is 5.92. The van der Waals surface area contributed by atoms with Gasteiger partial charge < -0.3 is 15.4 Å². The van der Waals surface area contributed by atoms with Gasteiger partial charge in [-0.15, -0.1) is 0 Å². The minimum Gasteiger partial charge on any atom is -0.382 e. The Hall–Kier alpha value is -2.34. The summed E-state index contributed by atoms with van der Waals surface area (Å²) in [7, 11) is 0. The molecule has 1 aromatic carbocycles. The lowest BCUT2D eigenvalue weighted by atomic mass is 9.83. The molecule has 1 saturated carbocycles. The molecular weight excluding hydrogens is 374 g/mol. The lowest BCUT2D eigenvalue weighted by Crippen LogP contribution is -2.39. The summed E-state index contributed by atoms with van der Waals surface area (Å²) in [6.07, 6.45) is 11.2. The zero-order valence-electron chi connectivity index (χ0n) is 18.6. The van der Waals surface area contributed by atoms with E-state index in [4.69, 9.17) is 9.73 Å². The van der Waals surface area contributed by atoms with Crippen LogP contribution >= 0.6 is 0 Å². The molecule has 0 saturated heterocycles. The normalized spacial score (nSPS) is 16.0. The highest BCUT2D eigenvalue weighted by Gasteiger charge is 2.33. The zero-order valence-corrected chi connectivity index (χ0v) is 18.6. The van der Waals surface area contributed by atoms with Gasteiger partial charge >= 0.3 is 0 Å². The number of nitrogens with zero attached hydrogens (tertiary/aromatic N) is 3. The van der Waals surface area contributed by atoms with Crippen molar-refractivity contribution in [2.75, 3.05) is 32.8 Å². The van der Waals surface area contributed by atoms with Crippen LogP contribution in [0.25, 0.3) is 5.69 Å². The van der Waals surface area contributed by atoms with E-state index in [1.54, 1.807) is 0 Å². The van der Waals surface area contributed by atoms with Crippen LogP contribution in [0.15, 0.2) is 47.7 Å². The molecule has 1 fully saturated rings. The number of guanidine groups is 1. The Kier molecular flexibility index (Phi) is 8.75. The minimum absolute atomic E-state index is 0.314. The molecule has 0 amide bonds. The number of hydrogen-bond acceptors (Lipinski definition) is 3. The molecule has 0 spiro atoms. The second kappa shape index (κ2) is 11.7. The van der Waals surface area contributed by atoms with Crippen LogP contribution in [0.2, 0.25) is 0 Å². The van der Waals surface area contributed by atoms with Gasteiger partial charge in [-0.3, -0.25) is 4.99 Å². The van der Waals surface area contributed by atoms with Crippen molar-refractivity contribution in [3.8, 4) is 5.69 Å². The SMILES string of the molecule is CCNC(=NCC1(CCOCC)CCCC1)NCCc1cnn(-c2ccccc2)c1. The first-order valence-corrected chi connectivity index (χ1v) is 11.4. The van der Waals surface area contributed by atoms with E-state index in [1.807, 2.05) is 29.1 Å². The largest absolute Gasteiger partial charge is 0.382 e. The Morgan fingerprint density at radius 1 is 1.17 bits per heavy atom. The van der Waals surface area contributed by atoms with E-state index in [1.165, 1.54) is 31.2 Å². The number of hydrogen-bond donors (Lipinski definition) is 2. The van der Waals surface area contributed by atoms with Crippen molar-refractivity contribution in [1.82, 2.24) is 20.4 Å². The first kappa shape index (κ1) is 22.3. The molecule has 1 aliphatic rings. The fraction of sp³-hybridized carbons (Fsp3) is 0.583. The van der Waals surface area contributed by atoms with Gasteiger partial charge in [0.15, 0.2) is 5.96 Å². The lowest BCUT2D eigenvalue weighted by Gasteiger charge is -2.27. The minimum atomic E-state index is 0.314. The Morgan fingerprint density at radius 2 is 1.97 bits per heavy atom. The molecule has 0 aliphatic heterocycles. The highest BCUT2D eigenvalue weighted by atomic mass is 16.5. The van der Waals surface area contributed by atoms with E-state index in [0.29, 0.717) is 5.41 Å². The van der Waals surface area contributed by atoms with Gasteiger partial charge in [0.1, 0.15) is 0 Å². The molecule has 3 rings (SSSR count). The van der Waals surface area contributed by atoms with Crippen molar-refractivity contribution in [2.24, 2.45) is 10.4 Å². The number of rotatable bonds is 11. The molecule has 6 nitrogen and oxygen atoms in total. The Labute approximate surface area is 181 Å². The predicted octanol–water partition coefficient (Wildman–Crippen LogP) is 3.96. The molecule has 0 bridgehead atoms. The van der Waals surface area contributed by atoms with E-state index in [2.05, 4.69) is 47.9 Å². The van der Waals surface area contributed by atoms with Crippen molar-refractivity contribution in [1.29, 1.82) is 0 Å². The van der Waals surface area contributed by atoms with Gasteiger partial charge in [-0.25, -0.2) is 4.68 Å². The molecule has 30 heavy (non-hydrogen) atoms. The first-order valence-electron chi connectivity index (χ1n) is 11.4. The number of para-hydroxylation sites is 1. The van der Waals surface area contributed by atoms with Crippen LogP contribution in [-0.4, -0.2) is 48.6 Å². The summed E-state index contributed by atoms with van der Waals surface area (Å²) in [5, 5.41) is 11.4. The summed E-state index contributed by atoms with van der Waals surface area (Å²) < 4.78 is 7.56. The maximum Gasteiger partial charge on any atom is 0.191 e. The molecule has 1 heterocycles. The maximum atomic E-state index is 5.63. The van der Waals surface area contributed by atoms with Crippen LogP contribution in [0.5, 0.6) is 0 Å². The molecule has 0 atom stereocenters. The fourth-order valence-corrected chi connectivity index (χ4v) is 4.17. The van der Waals surface area contributed by atoms with Gasteiger partial charge in [-0.2, -0.15) is 5.10 Å². The van der Waals surface area contributed by atoms with Crippen molar-refractivity contribution < 1.29 is 4.74 Å². The number of ether oxygens (including phenoxy) is 1. The average molecular weight is 412 g/mol. The van der Waals surface area contributed by atoms with Crippen LogP contribution in [0.3, 0.4) is 0 Å². The summed E-state index contributed by atoms with van der Waals surface area (Å²) in [6.45, 7) is 8.40. The zero-order chi connectivity index (χ0) is 21.1. The first-order chi connectivity index (χ1) is 14.7. The van der Waals surface area contributed by atoms with Gasteiger partial charge in [0, 0.05) is 39.0 Å². The van der Waals surface area contributed by atoms with Crippen LogP contribution in [0.4, 0.5) is 0 Å². The number of aromatic nitrogens is 2. The van der Waals surface area contributed by atoms with Gasteiger partial charge in [-0.05, 0) is 62.6 Å². The van der Waals surface area contributed by atoms with Gasteiger partial charge in [0.05, 0.1) is 11.9 Å². The number of nitrogens with one attached hydrogen (secondary N) is 2. The van der Waals surface area contributed by atoms with Crippen LogP contribution in [-0.2, 0) is 11.2 Å². The standard InChI is InChI=1S/C24H37N5O/c1-3-25-23(27-20-24(13-8-9-14-24)15-17-30-4-2)26-16-12-21-18-28-29(19-21)22-10-6-5-7-11-22/h5-7,10-11,18-19H,3-4,8-9,12-17,20H2,1-2H3,(H2,25,26,27). The Balaban J connectivity index is 1.52. The molecular formula is C24H37N5O. The molecule has 1 aliphatic carbocycles. The van der Waals surface area contributed by atoms with E-state index >= 15 is 0 Å². The summed E-state index contributed by atoms with van der Waals surface area (Å²) in [6, 6.07) is 10.2. The third kappa shape index (κ3) is 6.59. The third-order valence-corrected chi connectivity index (χ3v) is 5.92. The van der Waals surface area contributed by atoms with Crippen LogP contribution in [0.1, 0.15) is 51.5 Å². The maximum absolute atomic E-state index is 5.63. The summed E-state index contributed by atoms with van der Waals surface area (Å²) in [5.74, 6) is 0.913. The number of aliphatic imine (C=N–C) groups is 1. The predicted molar refractivity (Wildman–Crippen MR) is 123 cm³/mol. The van der Waals surface area contributed by atoms with E-state index < -0.39 is 0 Å². The van der Waals surface area contributed by atoms with Crippen molar-refractivity contribution in [3.63, 3.8) is 0 Å². The second-order valence-electron chi connectivity index (χ2n) is 8.15. The summed E-state index contributed by atoms with van der Waals surface area (Å²) >= 11 is 0. The van der Waals surface area contributed by atoms with E-state index in [9.17, 15) is 0 Å². The fourth-order valence-electron chi connectivity index (χ4n) is 4.17. The molecule has 2 N–H and O–H groups in total. The van der Waals surface area contributed by atoms with Gasteiger partial charge in [0.2, 0.25) is 0 Å². The van der Waals surface area contributed by atoms with Crippen molar-refractivity contribution in [3.05, 3.63) is 48.3 Å². The van der Waals surface area contributed by atoms with Crippen LogP contribution in [0, 0.1) is 5.41 Å². The topological polar surface area (TPSA) is 63.5 Å². The average Bonchev–Trinajstić information content (AvgIpc) is 3.43. The van der Waals surface area contributed by atoms with E-state index in [0.717, 1.165) is 57.3 Å². The second-order valence-corrected chi connectivity index (χ2v) is 8.15. The van der Waals surface area contributed by atoms with E-state index in [-0.39, 0.29) is 0 Å². The molecule has 0 unspecified atom stereocenters. The van der Waals surface area contributed by atoms with Crippen LogP contribution < -0.4 is 10.6 Å². The smallest absolute Gasteiger partial charge is 0.191 e. The lowest BCUT2D eigenvalue weighted by molar-refractivity contribution is 0.107. The molecule has 0 radical (unpaired) electrons. The summed E-state index contributed by atoms with van der Waals surface area (Å²) in [5.41, 5.74) is 2.61. The molecule has 1 aromatic heterocycles. The molecule has 2 aromatic rings. The quantitative estimate of drug-likeness (QED) is 0.334. The van der Waals surface area contributed by atoms with Gasteiger partial charge in [0.25, 0.3) is 0 Å². The van der Waals surface area contributed by atoms with Gasteiger partial charge in [-0.1, -0.05) is 31.0 Å². The van der Waals surface area contributed by atoms with Crippen molar-refractivity contribution >= 4 is 5.96 Å². The molecule has 164 valence electrons. The highest BCUT2D eigenvalue weighted by Crippen LogP contribution is 2.41. The monoisotopic (exact) mass is 411 g/mol. The highest BCUT2D eigenvalue weighted by molar-refractivity contribution is 5.79. The Bertz CT molecular complexity index is 765.